The van der Waals surface area contributed by atoms with Gasteiger partial charge in [0.25, 0.3) is 0 Å². The van der Waals surface area contributed by atoms with Crippen LogP contribution in [0, 0.1) is 22.7 Å². The Morgan fingerprint density at radius 2 is 2.33 bits per heavy atom. The molecule has 0 radical (unpaired) electrons. The quantitative estimate of drug-likeness (QED) is 0.692. The Morgan fingerprint density at radius 3 is 3.07 bits per heavy atom. The number of rotatable bonds is 1. The summed E-state index contributed by atoms with van der Waals surface area (Å²) in [5.74, 6) is 2.64. The lowest BCUT2D eigenvalue weighted by Crippen LogP contribution is -2.24. The van der Waals surface area contributed by atoms with Crippen molar-refractivity contribution in [2.75, 3.05) is 7.11 Å². The van der Waals surface area contributed by atoms with E-state index in [4.69, 9.17) is 4.74 Å². The van der Waals surface area contributed by atoms with E-state index >= 15 is 0 Å². The highest BCUT2D eigenvalue weighted by Gasteiger charge is 2.81. The van der Waals surface area contributed by atoms with Crippen molar-refractivity contribution >= 4 is 0 Å². The van der Waals surface area contributed by atoms with Gasteiger partial charge in [-0.3, -0.25) is 0 Å². The summed E-state index contributed by atoms with van der Waals surface area (Å²) in [5, 5.41) is 9.29. The lowest BCUT2D eigenvalue weighted by atomic mass is 9.71. The number of hydrogen-bond donors (Lipinski definition) is 0. The zero-order valence-electron chi connectivity index (χ0n) is 8.53. The summed E-state index contributed by atoms with van der Waals surface area (Å²) < 4.78 is 5.24. The second-order valence-electron chi connectivity index (χ2n) is 4.91. The van der Waals surface area contributed by atoms with Crippen molar-refractivity contribution in [1.29, 1.82) is 5.26 Å². The Hall–Kier alpha value is -1.49. The minimum absolute atomic E-state index is 0.00863. The Kier molecular flexibility index (Phi) is 1.05. The van der Waals surface area contributed by atoms with E-state index in [0.29, 0.717) is 17.8 Å². The summed E-state index contributed by atoms with van der Waals surface area (Å²) in [6, 6.07) is 8.86. The molecular weight excluding hydrogens is 186 g/mol. The van der Waals surface area contributed by atoms with Gasteiger partial charge in [0.1, 0.15) is 5.75 Å². The number of nitriles is 1. The maximum absolute atomic E-state index is 9.29. The molecule has 4 rings (SSSR count). The summed E-state index contributed by atoms with van der Waals surface area (Å²) >= 11 is 0. The molecule has 15 heavy (non-hydrogen) atoms. The van der Waals surface area contributed by atoms with Crippen molar-refractivity contribution in [1.82, 2.24) is 0 Å². The Morgan fingerprint density at radius 1 is 1.47 bits per heavy atom. The van der Waals surface area contributed by atoms with E-state index in [0.717, 1.165) is 5.75 Å². The topological polar surface area (TPSA) is 33.0 Å². The molecule has 0 aromatic heterocycles. The van der Waals surface area contributed by atoms with Crippen LogP contribution in [0.2, 0.25) is 0 Å². The molecule has 3 aliphatic carbocycles. The SMILES string of the molecule is COc1ccc2c(c1)[C@H]1[C@H]3C[C@H]2[C@@]31C#N. The fraction of sp³-hybridized carbons (Fsp3) is 0.462. The number of methoxy groups -OCH3 is 1. The Balaban J connectivity index is 1.90. The van der Waals surface area contributed by atoms with Crippen molar-refractivity contribution in [2.24, 2.45) is 11.3 Å². The van der Waals surface area contributed by atoms with Crippen LogP contribution >= 0.6 is 0 Å². The van der Waals surface area contributed by atoms with Crippen LogP contribution in [-0.2, 0) is 0 Å². The van der Waals surface area contributed by atoms with Gasteiger partial charge in [0.2, 0.25) is 0 Å². The molecule has 2 fully saturated rings. The van der Waals surface area contributed by atoms with Gasteiger partial charge in [-0.2, -0.15) is 5.26 Å². The van der Waals surface area contributed by atoms with Gasteiger partial charge in [-0.05, 0) is 35.6 Å². The number of hydrogen-bond acceptors (Lipinski definition) is 2. The summed E-state index contributed by atoms with van der Waals surface area (Å²) in [5.41, 5.74) is 2.80. The summed E-state index contributed by atoms with van der Waals surface area (Å²) in [6.45, 7) is 0. The largest absolute Gasteiger partial charge is 0.497 e. The molecule has 0 saturated heterocycles. The zero-order chi connectivity index (χ0) is 10.2. The van der Waals surface area contributed by atoms with Crippen molar-refractivity contribution < 1.29 is 4.74 Å². The van der Waals surface area contributed by atoms with E-state index in [1.54, 1.807) is 7.11 Å². The molecule has 0 spiro atoms. The minimum atomic E-state index is 0.00863. The predicted molar refractivity (Wildman–Crippen MR) is 54.6 cm³/mol. The van der Waals surface area contributed by atoms with Gasteiger partial charge >= 0.3 is 0 Å². The zero-order valence-corrected chi connectivity index (χ0v) is 8.53. The summed E-state index contributed by atoms with van der Waals surface area (Å²) in [4.78, 5) is 0. The lowest BCUT2D eigenvalue weighted by molar-refractivity contribution is 0.311. The van der Waals surface area contributed by atoms with Crippen LogP contribution in [0.3, 0.4) is 0 Å². The lowest BCUT2D eigenvalue weighted by Gasteiger charge is -2.31. The van der Waals surface area contributed by atoms with Gasteiger partial charge in [0.15, 0.2) is 0 Å². The summed E-state index contributed by atoms with van der Waals surface area (Å²) in [7, 11) is 1.70. The monoisotopic (exact) mass is 197 g/mol. The number of fused-ring (bicyclic) bond motifs is 4. The number of ether oxygens (including phenoxy) is 1. The Bertz CT molecular complexity index is 516. The van der Waals surface area contributed by atoms with E-state index in [1.165, 1.54) is 17.5 Å². The Labute approximate surface area is 88.5 Å². The minimum Gasteiger partial charge on any atom is -0.497 e. The fourth-order valence-corrected chi connectivity index (χ4v) is 3.93. The first-order chi connectivity index (χ1) is 7.32. The van der Waals surface area contributed by atoms with E-state index in [2.05, 4.69) is 18.2 Å². The molecule has 0 bridgehead atoms. The molecule has 0 amide bonds. The second kappa shape index (κ2) is 2.04. The van der Waals surface area contributed by atoms with Crippen LogP contribution in [0.15, 0.2) is 18.2 Å². The van der Waals surface area contributed by atoms with Crippen LogP contribution in [0.25, 0.3) is 0 Å². The number of nitrogens with zero attached hydrogens (tertiary/aromatic N) is 1. The molecular formula is C13H11NO. The van der Waals surface area contributed by atoms with Gasteiger partial charge in [-0.25, -0.2) is 0 Å². The third-order valence-electron chi connectivity index (χ3n) is 4.69. The fourth-order valence-electron chi connectivity index (χ4n) is 3.93. The molecule has 0 unspecified atom stereocenters. The average Bonchev–Trinajstić information content (AvgIpc) is 2.71. The van der Waals surface area contributed by atoms with Gasteiger partial charge in [0.05, 0.1) is 18.6 Å². The van der Waals surface area contributed by atoms with Gasteiger partial charge in [-0.1, -0.05) is 6.07 Å². The highest BCUT2D eigenvalue weighted by atomic mass is 16.5. The smallest absolute Gasteiger partial charge is 0.119 e. The van der Waals surface area contributed by atoms with Crippen LogP contribution in [0.5, 0.6) is 5.75 Å². The van der Waals surface area contributed by atoms with Crippen LogP contribution in [-0.4, -0.2) is 7.11 Å². The predicted octanol–water partition coefficient (Wildman–Crippen LogP) is 2.42. The third kappa shape index (κ3) is 0.587. The van der Waals surface area contributed by atoms with Gasteiger partial charge in [0, 0.05) is 11.8 Å². The average molecular weight is 197 g/mol. The molecule has 0 aliphatic heterocycles. The third-order valence-corrected chi connectivity index (χ3v) is 4.69. The van der Waals surface area contributed by atoms with E-state index < -0.39 is 0 Å². The van der Waals surface area contributed by atoms with Crippen molar-refractivity contribution in [3.8, 4) is 11.8 Å². The molecule has 2 saturated carbocycles. The van der Waals surface area contributed by atoms with Gasteiger partial charge in [-0.15, -0.1) is 0 Å². The highest BCUT2D eigenvalue weighted by Crippen LogP contribution is 2.87. The van der Waals surface area contributed by atoms with E-state index in [-0.39, 0.29) is 5.41 Å². The molecule has 1 aromatic rings. The first-order valence-corrected chi connectivity index (χ1v) is 5.42. The molecule has 4 atom stereocenters. The molecule has 0 heterocycles. The first-order valence-electron chi connectivity index (χ1n) is 5.42. The van der Waals surface area contributed by atoms with Crippen molar-refractivity contribution in [2.45, 2.75) is 18.3 Å². The summed E-state index contributed by atoms with van der Waals surface area (Å²) in [6.07, 6.45) is 1.23. The molecule has 2 heteroatoms. The van der Waals surface area contributed by atoms with Crippen LogP contribution in [0.1, 0.15) is 29.4 Å². The second-order valence-corrected chi connectivity index (χ2v) is 4.91. The molecule has 0 N–H and O–H groups in total. The van der Waals surface area contributed by atoms with Gasteiger partial charge < -0.3 is 4.74 Å². The standard InChI is InChI=1S/C13H11NO/c1-15-7-2-3-8-9(4-7)12-11-5-10(8)13(11,12)6-14/h2-4,10-12H,5H2,1H3/t10-,11-,12+,13+/m1/s1. The first kappa shape index (κ1) is 7.76. The maximum atomic E-state index is 9.29. The van der Waals surface area contributed by atoms with E-state index in [9.17, 15) is 5.26 Å². The van der Waals surface area contributed by atoms with Crippen molar-refractivity contribution in [3.05, 3.63) is 29.3 Å². The molecule has 2 nitrogen and oxygen atoms in total. The number of benzene rings is 1. The normalized spacial score (nSPS) is 42.3. The molecule has 1 aromatic carbocycles. The molecule has 3 aliphatic rings. The van der Waals surface area contributed by atoms with Crippen LogP contribution < -0.4 is 4.74 Å². The maximum Gasteiger partial charge on any atom is 0.119 e. The highest BCUT2D eigenvalue weighted by molar-refractivity contribution is 5.61. The van der Waals surface area contributed by atoms with E-state index in [1.807, 2.05) is 6.07 Å². The van der Waals surface area contributed by atoms with Crippen LogP contribution in [0.4, 0.5) is 0 Å². The van der Waals surface area contributed by atoms with Crippen molar-refractivity contribution in [3.63, 3.8) is 0 Å². The molecule has 74 valence electrons.